The first-order valence-corrected chi connectivity index (χ1v) is 8.45. The predicted octanol–water partition coefficient (Wildman–Crippen LogP) is 5.61. The van der Waals surface area contributed by atoms with Crippen LogP contribution in [0.25, 0.3) is 0 Å². The van der Waals surface area contributed by atoms with E-state index in [9.17, 15) is 0 Å². The first-order chi connectivity index (χ1) is 9.61. The van der Waals surface area contributed by atoms with Gasteiger partial charge in [-0.2, -0.15) is 0 Å². The van der Waals surface area contributed by atoms with E-state index in [1.54, 1.807) is 0 Å². The van der Waals surface area contributed by atoms with Gasteiger partial charge in [-0.1, -0.05) is 74.7 Å². The molecule has 1 atom stereocenters. The van der Waals surface area contributed by atoms with Crippen LogP contribution in [0.1, 0.15) is 36.1 Å². The van der Waals surface area contributed by atoms with Crippen LogP contribution < -0.4 is 5.32 Å². The van der Waals surface area contributed by atoms with Crippen molar-refractivity contribution < 1.29 is 0 Å². The number of nitrogens with one attached hydrogen (secondary N) is 1. The molecule has 0 aliphatic rings. The summed E-state index contributed by atoms with van der Waals surface area (Å²) < 4.78 is 2.22. The third-order valence-corrected chi connectivity index (χ3v) is 4.43. The topological polar surface area (TPSA) is 12.0 Å². The number of hydrogen-bond acceptors (Lipinski definition) is 1. The summed E-state index contributed by atoms with van der Waals surface area (Å²) >= 11 is 7.20. The molecule has 0 aromatic heterocycles. The summed E-state index contributed by atoms with van der Waals surface area (Å²) in [4.78, 5) is 0. The average Bonchev–Trinajstić information content (AvgIpc) is 2.41. The Morgan fingerprint density at radius 2 is 1.90 bits per heavy atom. The summed E-state index contributed by atoms with van der Waals surface area (Å²) in [6, 6.07) is 15.3. The molecule has 0 bridgehead atoms. The molecule has 3 heteroatoms. The Labute approximate surface area is 138 Å². The van der Waals surface area contributed by atoms with Gasteiger partial charge >= 0.3 is 0 Å². The van der Waals surface area contributed by atoms with Crippen LogP contribution in [0.2, 0.25) is 0 Å². The van der Waals surface area contributed by atoms with Crippen molar-refractivity contribution >= 4 is 31.9 Å². The molecular formula is C17H19Br2N. The van der Waals surface area contributed by atoms with Crippen molar-refractivity contribution in [2.24, 2.45) is 0 Å². The Balaban J connectivity index is 2.41. The molecule has 0 saturated carbocycles. The second kappa shape index (κ2) is 7.39. The van der Waals surface area contributed by atoms with Crippen LogP contribution in [0.5, 0.6) is 0 Å². The van der Waals surface area contributed by atoms with Crippen molar-refractivity contribution in [1.82, 2.24) is 5.32 Å². The fourth-order valence-corrected chi connectivity index (χ4v) is 3.56. The molecule has 1 unspecified atom stereocenters. The van der Waals surface area contributed by atoms with Crippen molar-refractivity contribution in [1.29, 1.82) is 0 Å². The molecule has 2 rings (SSSR count). The molecule has 106 valence electrons. The van der Waals surface area contributed by atoms with Crippen molar-refractivity contribution in [2.75, 3.05) is 6.54 Å². The van der Waals surface area contributed by atoms with Gasteiger partial charge in [-0.05, 0) is 43.1 Å². The summed E-state index contributed by atoms with van der Waals surface area (Å²) in [6.07, 6.45) is 1.12. The molecule has 2 aromatic rings. The van der Waals surface area contributed by atoms with E-state index in [1.807, 2.05) is 0 Å². The quantitative estimate of drug-likeness (QED) is 0.692. The van der Waals surface area contributed by atoms with Crippen LogP contribution in [-0.2, 0) is 0 Å². The standard InChI is InChI=1S/C17H19Br2N/c1-3-9-20-17(13-6-4-5-12(2)10-13)15-8-7-14(18)11-16(15)19/h4-8,10-11,17,20H,3,9H2,1-2H3. The van der Waals surface area contributed by atoms with Crippen LogP contribution in [0.15, 0.2) is 51.4 Å². The molecule has 0 spiro atoms. The van der Waals surface area contributed by atoms with Gasteiger partial charge in [-0.15, -0.1) is 0 Å². The van der Waals surface area contributed by atoms with Gasteiger partial charge in [0.1, 0.15) is 0 Å². The molecule has 0 heterocycles. The second-order valence-electron chi connectivity index (χ2n) is 4.97. The Bertz CT molecular complexity index is 581. The molecule has 1 N–H and O–H groups in total. The zero-order valence-electron chi connectivity index (χ0n) is 11.8. The minimum atomic E-state index is 0.220. The minimum Gasteiger partial charge on any atom is -0.306 e. The molecular weight excluding hydrogens is 378 g/mol. The number of halogens is 2. The van der Waals surface area contributed by atoms with Crippen LogP contribution in [0.4, 0.5) is 0 Å². The highest BCUT2D eigenvalue weighted by Gasteiger charge is 2.16. The van der Waals surface area contributed by atoms with E-state index in [0.29, 0.717) is 0 Å². The summed E-state index contributed by atoms with van der Waals surface area (Å²) in [7, 11) is 0. The Hall–Kier alpha value is -0.640. The molecule has 0 amide bonds. The van der Waals surface area contributed by atoms with Crippen LogP contribution in [0.3, 0.4) is 0 Å². The lowest BCUT2D eigenvalue weighted by molar-refractivity contribution is 0.596. The van der Waals surface area contributed by atoms with E-state index in [-0.39, 0.29) is 6.04 Å². The molecule has 0 aliphatic heterocycles. The normalized spacial score (nSPS) is 12.4. The zero-order valence-corrected chi connectivity index (χ0v) is 15.0. The van der Waals surface area contributed by atoms with Crippen molar-refractivity contribution in [3.05, 3.63) is 68.1 Å². The van der Waals surface area contributed by atoms with E-state index < -0.39 is 0 Å². The number of benzene rings is 2. The minimum absolute atomic E-state index is 0.220. The first kappa shape index (κ1) is 15.7. The van der Waals surface area contributed by atoms with E-state index in [2.05, 4.69) is 93.5 Å². The molecule has 0 saturated heterocycles. The Morgan fingerprint density at radius 1 is 1.10 bits per heavy atom. The van der Waals surface area contributed by atoms with E-state index >= 15 is 0 Å². The van der Waals surface area contributed by atoms with Gasteiger partial charge in [0.05, 0.1) is 6.04 Å². The molecule has 0 radical (unpaired) electrons. The van der Waals surface area contributed by atoms with E-state index in [0.717, 1.165) is 21.9 Å². The van der Waals surface area contributed by atoms with Gasteiger partial charge in [-0.3, -0.25) is 0 Å². The average molecular weight is 397 g/mol. The SMILES string of the molecule is CCCNC(c1cccc(C)c1)c1ccc(Br)cc1Br. The van der Waals surface area contributed by atoms with Gasteiger partial charge in [0.25, 0.3) is 0 Å². The van der Waals surface area contributed by atoms with Gasteiger partial charge in [-0.25, -0.2) is 0 Å². The van der Waals surface area contributed by atoms with Gasteiger partial charge in [0.2, 0.25) is 0 Å². The number of hydrogen-bond donors (Lipinski definition) is 1. The molecule has 0 fully saturated rings. The highest BCUT2D eigenvalue weighted by atomic mass is 79.9. The van der Waals surface area contributed by atoms with Gasteiger partial charge in [0, 0.05) is 8.95 Å². The van der Waals surface area contributed by atoms with E-state index in [1.165, 1.54) is 16.7 Å². The van der Waals surface area contributed by atoms with Crippen molar-refractivity contribution in [3.8, 4) is 0 Å². The largest absolute Gasteiger partial charge is 0.306 e. The molecule has 2 aromatic carbocycles. The smallest absolute Gasteiger partial charge is 0.0587 e. The Morgan fingerprint density at radius 3 is 2.55 bits per heavy atom. The summed E-state index contributed by atoms with van der Waals surface area (Å²) in [6.45, 7) is 5.33. The van der Waals surface area contributed by atoms with Gasteiger partial charge < -0.3 is 5.32 Å². The lowest BCUT2D eigenvalue weighted by Gasteiger charge is -2.21. The third kappa shape index (κ3) is 3.94. The molecule has 0 aliphatic carbocycles. The van der Waals surface area contributed by atoms with Gasteiger partial charge in [0.15, 0.2) is 0 Å². The Kier molecular flexibility index (Phi) is 5.82. The summed E-state index contributed by atoms with van der Waals surface area (Å²) in [5.41, 5.74) is 3.87. The van der Waals surface area contributed by atoms with E-state index in [4.69, 9.17) is 0 Å². The zero-order chi connectivity index (χ0) is 14.5. The van der Waals surface area contributed by atoms with Crippen molar-refractivity contribution in [3.63, 3.8) is 0 Å². The fourth-order valence-electron chi connectivity index (χ4n) is 2.28. The highest BCUT2D eigenvalue weighted by molar-refractivity contribution is 9.11. The van der Waals surface area contributed by atoms with Crippen LogP contribution in [0, 0.1) is 6.92 Å². The molecule has 1 nitrogen and oxygen atoms in total. The maximum Gasteiger partial charge on any atom is 0.0587 e. The monoisotopic (exact) mass is 395 g/mol. The number of rotatable bonds is 5. The lowest BCUT2D eigenvalue weighted by Crippen LogP contribution is -2.23. The first-order valence-electron chi connectivity index (χ1n) is 6.86. The maximum absolute atomic E-state index is 3.69. The van der Waals surface area contributed by atoms with Crippen molar-refractivity contribution in [2.45, 2.75) is 26.3 Å². The fraction of sp³-hybridized carbons (Fsp3) is 0.294. The third-order valence-electron chi connectivity index (χ3n) is 3.25. The predicted molar refractivity (Wildman–Crippen MR) is 93.2 cm³/mol. The highest BCUT2D eigenvalue weighted by Crippen LogP contribution is 2.31. The maximum atomic E-state index is 3.69. The van der Waals surface area contributed by atoms with Crippen LogP contribution >= 0.6 is 31.9 Å². The lowest BCUT2D eigenvalue weighted by atomic mass is 9.97. The number of aryl methyl sites for hydroxylation is 1. The summed E-state index contributed by atoms with van der Waals surface area (Å²) in [5, 5.41) is 3.64. The molecule has 20 heavy (non-hydrogen) atoms. The summed E-state index contributed by atoms with van der Waals surface area (Å²) in [5.74, 6) is 0. The van der Waals surface area contributed by atoms with Crippen LogP contribution in [-0.4, -0.2) is 6.54 Å². The second-order valence-corrected chi connectivity index (χ2v) is 6.74.